The molecule has 1 heterocycles. The molecule has 3 aromatic rings. The highest BCUT2D eigenvalue weighted by Crippen LogP contribution is 2.22. The first-order valence-electron chi connectivity index (χ1n) is 5.33. The van der Waals surface area contributed by atoms with Crippen LogP contribution in [0.4, 0.5) is 0 Å². The number of H-pyrrole nitrogens is 1. The number of benzene rings is 2. The van der Waals surface area contributed by atoms with Crippen molar-refractivity contribution in [3.8, 4) is 0 Å². The van der Waals surface area contributed by atoms with Gasteiger partial charge in [0.25, 0.3) is 0 Å². The normalized spacial score (nSPS) is 10.2. The third kappa shape index (κ3) is 1.84. The summed E-state index contributed by atoms with van der Waals surface area (Å²) in [6, 6.07) is 14.9. The van der Waals surface area contributed by atoms with Gasteiger partial charge >= 0.3 is 5.97 Å². The number of aromatic amines is 1. The maximum atomic E-state index is 11.4. The van der Waals surface area contributed by atoms with E-state index in [-0.39, 0.29) is 17.0 Å². The Bertz CT molecular complexity index is 686. The molecule has 0 aliphatic carbocycles. The molecule has 3 nitrogen and oxygen atoms in total. The number of carboxylic acids is 1. The standard InChI is InChI=1S/C14H9NO2.BrH/c16-14(17)13-9-5-1-3-7-11(9)15-12-8-4-2-6-10(12)13;/h1-8H,(H,16,17);1H. The van der Waals surface area contributed by atoms with Crippen molar-refractivity contribution in [2.75, 3.05) is 0 Å². The van der Waals surface area contributed by atoms with E-state index in [4.69, 9.17) is 0 Å². The fraction of sp³-hybridized carbons (Fsp3) is 0. The van der Waals surface area contributed by atoms with Crippen LogP contribution < -0.4 is 22.0 Å². The van der Waals surface area contributed by atoms with E-state index in [1.54, 1.807) is 0 Å². The number of para-hydroxylation sites is 2. The Morgan fingerprint density at radius 1 is 0.889 bits per heavy atom. The van der Waals surface area contributed by atoms with E-state index in [2.05, 4.69) is 4.98 Å². The van der Waals surface area contributed by atoms with Gasteiger partial charge in [0.1, 0.15) is 0 Å². The average molecular weight is 304 g/mol. The molecule has 18 heavy (non-hydrogen) atoms. The smallest absolute Gasteiger partial charge is 0.337 e. The Kier molecular flexibility index (Phi) is 3.30. The van der Waals surface area contributed by atoms with Crippen molar-refractivity contribution < 1.29 is 31.9 Å². The van der Waals surface area contributed by atoms with E-state index < -0.39 is 5.97 Å². The van der Waals surface area contributed by atoms with Crippen LogP contribution in [-0.4, -0.2) is 11.1 Å². The zero-order valence-corrected chi connectivity index (χ0v) is 10.9. The lowest BCUT2D eigenvalue weighted by Gasteiger charge is -2.02. The number of pyridine rings is 1. The summed E-state index contributed by atoms with van der Waals surface area (Å²) in [6.07, 6.45) is 0. The third-order valence-corrected chi connectivity index (χ3v) is 2.88. The highest BCUT2D eigenvalue weighted by atomic mass is 79.9. The molecule has 0 unspecified atom stereocenters. The number of aromatic carboxylic acids is 1. The van der Waals surface area contributed by atoms with Gasteiger partial charge in [0.2, 0.25) is 11.0 Å². The summed E-state index contributed by atoms with van der Waals surface area (Å²) in [5, 5.41) is 10.8. The second-order valence-electron chi connectivity index (χ2n) is 3.90. The second-order valence-corrected chi connectivity index (χ2v) is 3.90. The molecule has 0 aliphatic rings. The molecule has 0 aliphatic heterocycles. The van der Waals surface area contributed by atoms with Crippen LogP contribution in [0, 0.1) is 0 Å². The average Bonchev–Trinajstić information content (AvgIpc) is 2.35. The van der Waals surface area contributed by atoms with Crippen LogP contribution in [0.25, 0.3) is 21.8 Å². The van der Waals surface area contributed by atoms with Crippen molar-refractivity contribution >= 4 is 27.8 Å². The molecule has 0 bridgehead atoms. The summed E-state index contributed by atoms with van der Waals surface area (Å²) < 4.78 is 0. The van der Waals surface area contributed by atoms with Crippen molar-refractivity contribution in [2.45, 2.75) is 0 Å². The van der Waals surface area contributed by atoms with Crippen molar-refractivity contribution in [1.29, 1.82) is 0 Å². The first kappa shape index (κ1) is 12.5. The molecule has 1 aromatic heterocycles. The number of rotatable bonds is 1. The number of hydrogen-bond acceptors (Lipinski definition) is 1. The van der Waals surface area contributed by atoms with Crippen molar-refractivity contribution in [2.24, 2.45) is 0 Å². The number of hydrogen-bond donors (Lipinski definition) is 1. The Balaban J connectivity index is 0.00000120. The molecular formula is C14H10BrNO2. The molecular weight excluding hydrogens is 294 g/mol. The van der Waals surface area contributed by atoms with Crippen LogP contribution in [0.15, 0.2) is 48.5 Å². The number of carbonyl (C=O) groups is 1. The van der Waals surface area contributed by atoms with Crippen LogP contribution in [0.2, 0.25) is 0 Å². The lowest BCUT2D eigenvalue weighted by molar-refractivity contribution is -0.310. The van der Waals surface area contributed by atoms with Crippen LogP contribution in [0.3, 0.4) is 0 Å². The summed E-state index contributed by atoms with van der Waals surface area (Å²) in [6.45, 7) is 0. The van der Waals surface area contributed by atoms with E-state index in [0.29, 0.717) is 5.56 Å². The van der Waals surface area contributed by atoms with Gasteiger partial charge < -0.3 is 22.1 Å². The highest BCUT2D eigenvalue weighted by Gasteiger charge is 2.17. The second kappa shape index (κ2) is 4.74. The molecule has 4 heteroatoms. The summed E-state index contributed by atoms with van der Waals surface area (Å²) in [5.74, 6) is -0.897. The summed E-state index contributed by atoms with van der Waals surface area (Å²) >= 11 is 0. The van der Waals surface area contributed by atoms with Gasteiger partial charge in [0.15, 0.2) is 0 Å². The topological polar surface area (TPSA) is 51.4 Å². The molecule has 0 spiro atoms. The Hall–Kier alpha value is -1.94. The number of fused-ring (bicyclic) bond motifs is 2. The van der Waals surface area contributed by atoms with Gasteiger partial charge in [-0.3, -0.25) is 0 Å². The minimum Gasteiger partial charge on any atom is -1.00 e. The molecule has 0 saturated heterocycles. The van der Waals surface area contributed by atoms with Crippen molar-refractivity contribution in [1.82, 2.24) is 0 Å². The minimum absolute atomic E-state index is 0. The molecule has 0 amide bonds. The highest BCUT2D eigenvalue weighted by molar-refractivity contribution is 6.11. The predicted octanol–water partition coefficient (Wildman–Crippen LogP) is -0.491. The number of aromatic nitrogens is 1. The molecule has 2 aromatic carbocycles. The van der Waals surface area contributed by atoms with Crippen LogP contribution in [0.1, 0.15) is 10.4 Å². The number of carboxylic acid groups (broad SMARTS) is 1. The van der Waals surface area contributed by atoms with Crippen molar-refractivity contribution in [3.05, 3.63) is 54.1 Å². The van der Waals surface area contributed by atoms with Crippen LogP contribution >= 0.6 is 0 Å². The zero-order valence-electron chi connectivity index (χ0n) is 9.35. The first-order valence-corrected chi connectivity index (χ1v) is 5.33. The largest absolute Gasteiger partial charge is 1.00 e. The Morgan fingerprint density at radius 3 is 1.78 bits per heavy atom. The molecule has 2 N–H and O–H groups in total. The molecule has 0 fully saturated rings. The van der Waals surface area contributed by atoms with E-state index in [1.165, 1.54) is 0 Å². The predicted molar refractivity (Wildman–Crippen MR) is 65.0 cm³/mol. The third-order valence-electron chi connectivity index (χ3n) is 2.88. The van der Waals surface area contributed by atoms with Gasteiger partial charge in [-0.05, 0) is 12.1 Å². The number of halogens is 1. The maximum absolute atomic E-state index is 11.4. The molecule has 3 rings (SSSR count). The number of nitrogens with one attached hydrogen (secondary N) is 1. The molecule has 0 saturated carbocycles. The molecule has 90 valence electrons. The van der Waals surface area contributed by atoms with E-state index >= 15 is 0 Å². The van der Waals surface area contributed by atoms with E-state index in [0.717, 1.165) is 21.8 Å². The van der Waals surface area contributed by atoms with Gasteiger partial charge in [-0.25, -0.2) is 9.78 Å². The lowest BCUT2D eigenvalue weighted by Crippen LogP contribution is -3.00. The van der Waals surface area contributed by atoms with Gasteiger partial charge in [0, 0.05) is 12.1 Å². The Labute approximate surface area is 114 Å². The fourth-order valence-corrected chi connectivity index (χ4v) is 2.14. The van der Waals surface area contributed by atoms with E-state index in [9.17, 15) is 9.90 Å². The summed E-state index contributed by atoms with van der Waals surface area (Å²) in [5.41, 5.74) is 2.03. The zero-order chi connectivity index (χ0) is 11.8. The lowest BCUT2D eigenvalue weighted by atomic mass is 10.0. The van der Waals surface area contributed by atoms with Crippen LogP contribution in [0.5, 0.6) is 0 Å². The van der Waals surface area contributed by atoms with Gasteiger partial charge in [0.05, 0.1) is 16.3 Å². The van der Waals surface area contributed by atoms with Crippen molar-refractivity contribution in [3.63, 3.8) is 0 Å². The van der Waals surface area contributed by atoms with Gasteiger partial charge in [-0.15, -0.1) is 0 Å². The van der Waals surface area contributed by atoms with Crippen LogP contribution in [-0.2, 0) is 0 Å². The minimum atomic E-state index is -0.897. The van der Waals surface area contributed by atoms with Gasteiger partial charge in [-0.2, -0.15) is 0 Å². The monoisotopic (exact) mass is 303 g/mol. The summed E-state index contributed by atoms with van der Waals surface area (Å²) in [7, 11) is 0. The van der Waals surface area contributed by atoms with Gasteiger partial charge in [-0.1, -0.05) is 24.3 Å². The fourth-order valence-electron chi connectivity index (χ4n) is 2.14. The maximum Gasteiger partial charge on any atom is 0.337 e. The summed E-state index contributed by atoms with van der Waals surface area (Å²) in [4.78, 5) is 14.7. The Morgan fingerprint density at radius 2 is 1.33 bits per heavy atom. The quantitative estimate of drug-likeness (QED) is 0.617. The SMILES string of the molecule is O=C(O)c1c2ccccc2[nH+]c2ccccc12.[Br-]. The van der Waals surface area contributed by atoms with E-state index in [1.807, 2.05) is 48.5 Å². The first-order chi connectivity index (χ1) is 8.27. The molecule has 0 radical (unpaired) electrons. The molecule has 0 atom stereocenters.